The lowest BCUT2D eigenvalue weighted by molar-refractivity contribution is 0.412. The molecule has 3 nitrogen and oxygen atoms in total. The summed E-state index contributed by atoms with van der Waals surface area (Å²) >= 11 is 0. The Hall–Kier alpha value is -1.69. The number of benzene rings is 1. The molecule has 1 rings (SSSR count). The van der Waals surface area contributed by atoms with E-state index in [1.165, 1.54) is 0 Å². The Morgan fingerprint density at radius 1 is 1.36 bits per heavy atom. The van der Waals surface area contributed by atoms with Crippen molar-refractivity contribution in [3.05, 3.63) is 23.3 Å². The SMILES string of the molecule is CC.COc1cc(N)c(C#N)cc1C. The Bertz CT molecular complexity index is 339. The van der Waals surface area contributed by atoms with Crippen LogP contribution in [-0.2, 0) is 0 Å². The highest BCUT2D eigenvalue weighted by Gasteiger charge is 2.03. The van der Waals surface area contributed by atoms with E-state index in [1.807, 2.05) is 26.8 Å². The molecule has 3 heteroatoms. The largest absolute Gasteiger partial charge is 0.496 e. The molecule has 0 saturated carbocycles. The number of nitrogens with two attached hydrogens (primary N) is 1. The number of aryl methyl sites for hydroxylation is 1. The summed E-state index contributed by atoms with van der Waals surface area (Å²) in [6, 6.07) is 5.38. The van der Waals surface area contributed by atoms with Crippen molar-refractivity contribution >= 4 is 5.69 Å². The predicted molar refractivity (Wildman–Crippen MR) is 58.2 cm³/mol. The van der Waals surface area contributed by atoms with Crippen LogP contribution in [0.4, 0.5) is 5.69 Å². The zero-order valence-electron chi connectivity index (χ0n) is 9.09. The summed E-state index contributed by atoms with van der Waals surface area (Å²) in [5, 5.41) is 8.64. The van der Waals surface area contributed by atoms with Gasteiger partial charge in [0.1, 0.15) is 11.8 Å². The Morgan fingerprint density at radius 2 is 1.93 bits per heavy atom. The molecule has 0 aliphatic carbocycles. The number of anilines is 1. The first-order valence-electron chi connectivity index (χ1n) is 4.53. The molecule has 14 heavy (non-hydrogen) atoms. The zero-order valence-corrected chi connectivity index (χ0v) is 9.09. The van der Waals surface area contributed by atoms with Crippen molar-refractivity contribution in [3.8, 4) is 11.8 Å². The van der Waals surface area contributed by atoms with E-state index < -0.39 is 0 Å². The third kappa shape index (κ3) is 2.67. The van der Waals surface area contributed by atoms with Crippen molar-refractivity contribution in [2.75, 3.05) is 12.8 Å². The average Bonchev–Trinajstić information content (AvgIpc) is 2.23. The number of rotatable bonds is 1. The number of nitrogen functional groups attached to an aromatic ring is 1. The van der Waals surface area contributed by atoms with Gasteiger partial charge in [-0.3, -0.25) is 0 Å². The summed E-state index contributed by atoms with van der Waals surface area (Å²) in [5.74, 6) is 0.714. The monoisotopic (exact) mass is 192 g/mol. The number of nitriles is 1. The molecule has 0 bridgehead atoms. The smallest absolute Gasteiger partial charge is 0.123 e. The maximum Gasteiger partial charge on any atom is 0.123 e. The number of ether oxygens (including phenoxy) is 1. The van der Waals surface area contributed by atoms with Gasteiger partial charge >= 0.3 is 0 Å². The molecule has 0 aromatic heterocycles. The van der Waals surface area contributed by atoms with Crippen molar-refractivity contribution in [1.29, 1.82) is 5.26 Å². The molecule has 0 atom stereocenters. The summed E-state index contributed by atoms with van der Waals surface area (Å²) in [4.78, 5) is 0. The fraction of sp³-hybridized carbons (Fsp3) is 0.364. The fourth-order valence-corrected chi connectivity index (χ4v) is 1.02. The minimum Gasteiger partial charge on any atom is -0.496 e. The second-order valence-electron chi connectivity index (χ2n) is 2.52. The van der Waals surface area contributed by atoms with Gasteiger partial charge < -0.3 is 10.5 Å². The molecule has 0 aliphatic heterocycles. The van der Waals surface area contributed by atoms with E-state index in [0.717, 1.165) is 5.56 Å². The van der Waals surface area contributed by atoms with Crippen LogP contribution < -0.4 is 10.5 Å². The van der Waals surface area contributed by atoms with Crippen molar-refractivity contribution < 1.29 is 4.74 Å². The van der Waals surface area contributed by atoms with Crippen molar-refractivity contribution in [2.24, 2.45) is 0 Å². The molecule has 2 N–H and O–H groups in total. The van der Waals surface area contributed by atoms with Crippen LogP contribution in [0, 0.1) is 18.3 Å². The van der Waals surface area contributed by atoms with Gasteiger partial charge in [-0.2, -0.15) is 5.26 Å². The molecule has 0 heterocycles. The van der Waals surface area contributed by atoms with E-state index in [4.69, 9.17) is 15.7 Å². The first kappa shape index (κ1) is 12.3. The third-order valence-electron chi connectivity index (χ3n) is 1.69. The predicted octanol–water partition coefficient (Wildman–Crippen LogP) is 2.48. The normalized spacial score (nSPS) is 8.21. The topological polar surface area (TPSA) is 59.0 Å². The Labute approximate surface area is 85.1 Å². The van der Waals surface area contributed by atoms with Crippen LogP contribution in [0.3, 0.4) is 0 Å². The third-order valence-corrected chi connectivity index (χ3v) is 1.69. The van der Waals surface area contributed by atoms with E-state index in [0.29, 0.717) is 17.0 Å². The van der Waals surface area contributed by atoms with E-state index in [1.54, 1.807) is 19.2 Å². The molecule has 1 aromatic carbocycles. The molecule has 0 unspecified atom stereocenters. The van der Waals surface area contributed by atoms with E-state index in [9.17, 15) is 0 Å². The molecule has 76 valence electrons. The van der Waals surface area contributed by atoms with E-state index in [-0.39, 0.29) is 0 Å². The van der Waals surface area contributed by atoms with Gasteiger partial charge in [-0.15, -0.1) is 0 Å². The number of methoxy groups -OCH3 is 1. The first-order chi connectivity index (χ1) is 6.69. The van der Waals surface area contributed by atoms with Crippen LogP contribution in [0.25, 0.3) is 0 Å². The second kappa shape index (κ2) is 5.87. The average molecular weight is 192 g/mol. The zero-order chi connectivity index (χ0) is 11.1. The lowest BCUT2D eigenvalue weighted by Crippen LogP contribution is -1.94. The maximum absolute atomic E-state index is 8.64. The number of hydrogen-bond donors (Lipinski definition) is 1. The van der Waals surface area contributed by atoms with E-state index >= 15 is 0 Å². The van der Waals surface area contributed by atoms with Crippen LogP contribution >= 0.6 is 0 Å². The van der Waals surface area contributed by atoms with Crippen molar-refractivity contribution in [3.63, 3.8) is 0 Å². The maximum atomic E-state index is 8.64. The van der Waals surface area contributed by atoms with Crippen molar-refractivity contribution in [1.82, 2.24) is 0 Å². The quantitative estimate of drug-likeness (QED) is 0.695. The van der Waals surface area contributed by atoms with Gasteiger partial charge in [-0.05, 0) is 18.6 Å². The van der Waals surface area contributed by atoms with E-state index in [2.05, 4.69) is 0 Å². The van der Waals surface area contributed by atoms with Crippen LogP contribution in [0.2, 0.25) is 0 Å². The molecule has 1 aromatic rings. The van der Waals surface area contributed by atoms with Crippen LogP contribution in [0.15, 0.2) is 12.1 Å². The lowest BCUT2D eigenvalue weighted by atomic mass is 10.1. The summed E-state index contributed by atoms with van der Waals surface area (Å²) < 4.78 is 5.04. The Balaban J connectivity index is 0.000000791. The highest BCUT2D eigenvalue weighted by Crippen LogP contribution is 2.23. The van der Waals surface area contributed by atoms with Gasteiger partial charge in [0.15, 0.2) is 0 Å². The van der Waals surface area contributed by atoms with Crippen molar-refractivity contribution in [2.45, 2.75) is 20.8 Å². The first-order valence-corrected chi connectivity index (χ1v) is 4.53. The van der Waals surface area contributed by atoms with Gasteiger partial charge in [0.25, 0.3) is 0 Å². The molecule has 0 aliphatic rings. The molecule has 0 saturated heterocycles. The highest BCUT2D eigenvalue weighted by molar-refractivity contribution is 5.59. The highest BCUT2D eigenvalue weighted by atomic mass is 16.5. The van der Waals surface area contributed by atoms with Gasteiger partial charge in [-0.1, -0.05) is 13.8 Å². The molecule has 0 spiro atoms. The number of hydrogen-bond acceptors (Lipinski definition) is 3. The van der Waals surface area contributed by atoms with Crippen LogP contribution in [0.1, 0.15) is 25.0 Å². The minimum absolute atomic E-state index is 0.458. The standard InChI is InChI=1S/C9H10N2O.C2H6/c1-6-3-7(5-10)8(11)4-9(6)12-2;1-2/h3-4H,11H2,1-2H3;1-2H3. The summed E-state index contributed by atoms with van der Waals surface area (Å²) in [5.41, 5.74) is 7.45. The molecule has 0 fully saturated rings. The van der Waals surface area contributed by atoms with Gasteiger partial charge in [0.2, 0.25) is 0 Å². The molecular formula is C11H16N2O. The Kier molecular flexibility index (Phi) is 5.16. The molecular weight excluding hydrogens is 176 g/mol. The summed E-state index contributed by atoms with van der Waals surface area (Å²) in [6.07, 6.45) is 0. The number of nitrogens with zero attached hydrogens (tertiary/aromatic N) is 1. The summed E-state index contributed by atoms with van der Waals surface area (Å²) in [6.45, 7) is 5.87. The van der Waals surface area contributed by atoms with Crippen LogP contribution in [-0.4, -0.2) is 7.11 Å². The molecule has 0 radical (unpaired) electrons. The molecule has 0 amide bonds. The minimum atomic E-state index is 0.458. The summed E-state index contributed by atoms with van der Waals surface area (Å²) in [7, 11) is 1.58. The fourth-order valence-electron chi connectivity index (χ4n) is 1.02. The van der Waals surface area contributed by atoms with Gasteiger partial charge in [0.05, 0.1) is 18.4 Å². The second-order valence-corrected chi connectivity index (χ2v) is 2.52. The van der Waals surface area contributed by atoms with Gasteiger partial charge in [0, 0.05) is 6.07 Å². The van der Waals surface area contributed by atoms with Gasteiger partial charge in [-0.25, -0.2) is 0 Å². The Morgan fingerprint density at radius 3 is 2.36 bits per heavy atom. The lowest BCUT2D eigenvalue weighted by Gasteiger charge is -2.05. The van der Waals surface area contributed by atoms with Crippen LogP contribution in [0.5, 0.6) is 5.75 Å².